The molecule has 1 fully saturated rings. The summed E-state index contributed by atoms with van der Waals surface area (Å²) < 4.78 is 10.8. The molecule has 0 aromatic heterocycles. The van der Waals surface area contributed by atoms with E-state index in [2.05, 4.69) is 0 Å². The van der Waals surface area contributed by atoms with E-state index >= 15 is 0 Å². The minimum absolute atomic E-state index is 0.187. The Hall–Kier alpha value is -2.34. The van der Waals surface area contributed by atoms with Crippen molar-refractivity contribution in [2.45, 2.75) is 13.8 Å². The number of hydrogen-bond acceptors (Lipinski definition) is 5. The van der Waals surface area contributed by atoms with Crippen LogP contribution in [0.5, 0.6) is 5.75 Å². The predicted molar refractivity (Wildman–Crippen MR) is 93.1 cm³/mol. The Morgan fingerprint density at radius 1 is 1.17 bits per heavy atom. The number of carbonyl (C=O) groups excluding carboxylic acids is 1. The second-order valence-corrected chi connectivity index (χ2v) is 5.48. The zero-order valence-corrected chi connectivity index (χ0v) is 14.1. The molecule has 0 bridgehead atoms. The number of benzene rings is 1. The number of thiocarbonyl (C=S) groups is 1. The average molecular weight is 330 g/mol. The molecule has 2 aliphatic rings. The third kappa shape index (κ3) is 2.49. The maximum absolute atomic E-state index is 12.5. The molecule has 0 N–H and O–H groups in total. The van der Waals surface area contributed by atoms with Gasteiger partial charge in [-0.1, -0.05) is 6.08 Å². The van der Waals surface area contributed by atoms with Crippen molar-refractivity contribution < 1.29 is 14.3 Å². The van der Waals surface area contributed by atoms with Crippen molar-refractivity contribution in [3.63, 3.8) is 0 Å². The maximum Gasteiger partial charge on any atom is 0.299 e. The highest BCUT2D eigenvalue weighted by Crippen LogP contribution is 2.36. The first-order valence-electron chi connectivity index (χ1n) is 7.52. The Labute approximate surface area is 140 Å². The smallest absolute Gasteiger partial charge is 0.299 e. The van der Waals surface area contributed by atoms with E-state index in [1.165, 1.54) is 4.90 Å². The van der Waals surface area contributed by atoms with Gasteiger partial charge in [-0.2, -0.15) is 0 Å². The van der Waals surface area contributed by atoms with Crippen molar-refractivity contribution in [2.75, 3.05) is 25.1 Å². The van der Waals surface area contributed by atoms with Crippen molar-refractivity contribution >= 4 is 35.1 Å². The fourth-order valence-corrected chi connectivity index (χ4v) is 3.09. The summed E-state index contributed by atoms with van der Waals surface area (Å²) in [6.45, 7) is 5.11. The summed E-state index contributed by atoms with van der Waals surface area (Å²) >= 11 is 5.14. The molecule has 0 atom stereocenters. The number of carbonyl (C=O) groups is 1. The lowest BCUT2D eigenvalue weighted by Gasteiger charge is -2.29. The van der Waals surface area contributed by atoms with Crippen LogP contribution in [0.4, 0.5) is 5.69 Å². The van der Waals surface area contributed by atoms with Crippen LogP contribution in [0.3, 0.4) is 0 Å². The van der Waals surface area contributed by atoms with Gasteiger partial charge in [-0.25, -0.2) is 0 Å². The topological polar surface area (TPSA) is 42.0 Å². The number of nitrogens with zero attached hydrogens (tertiary/aromatic N) is 2. The molecule has 5 nitrogen and oxygen atoms in total. The van der Waals surface area contributed by atoms with Gasteiger partial charge < -0.3 is 14.4 Å². The Bertz CT molecular complexity index is 739. The standard InChI is InChI=1S/C17H18N2O3S/c1-4-18-13-9-7-12(21-3)10-11(13)6-8-14(18)15-16(20)19(5-2)17(23)22-15/h6-10H,4-5H2,1-3H3. The van der Waals surface area contributed by atoms with Crippen molar-refractivity contribution in [1.82, 2.24) is 4.90 Å². The number of likely N-dealkylation sites (N-methyl/N-ethyl adjacent to an activating group) is 2. The van der Waals surface area contributed by atoms with E-state index in [1.54, 1.807) is 7.11 Å². The second-order valence-electron chi connectivity index (χ2n) is 5.13. The quantitative estimate of drug-likeness (QED) is 0.630. The molecular formula is C17H18N2O3S. The van der Waals surface area contributed by atoms with Gasteiger partial charge in [-0.15, -0.1) is 0 Å². The van der Waals surface area contributed by atoms with Crippen LogP contribution in [0.1, 0.15) is 19.4 Å². The van der Waals surface area contributed by atoms with E-state index in [0.29, 0.717) is 13.1 Å². The molecule has 0 saturated carbocycles. The minimum atomic E-state index is -0.187. The van der Waals surface area contributed by atoms with Crippen LogP contribution in [0.25, 0.3) is 6.08 Å². The SMILES string of the molecule is CCN1C(=O)C(=C2C=Cc3cc(OC)ccc3N2CC)OC1=S. The third-order valence-electron chi connectivity index (χ3n) is 3.95. The highest BCUT2D eigenvalue weighted by molar-refractivity contribution is 7.80. The number of ether oxygens (including phenoxy) is 2. The predicted octanol–water partition coefficient (Wildman–Crippen LogP) is 2.92. The zero-order valence-electron chi connectivity index (χ0n) is 13.3. The van der Waals surface area contributed by atoms with Gasteiger partial charge in [-0.3, -0.25) is 9.69 Å². The molecule has 120 valence electrons. The lowest BCUT2D eigenvalue weighted by Crippen LogP contribution is -2.30. The molecule has 1 aromatic carbocycles. The van der Waals surface area contributed by atoms with E-state index < -0.39 is 0 Å². The van der Waals surface area contributed by atoms with Crippen molar-refractivity contribution in [2.24, 2.45) is 0 Å². The second kappa shape index (κ2) is 6.04. The zero-order chi connectivity index (χ0) is 16.6. The van der Waals surface area contributed by atoms with Crippen LogP contribution in [0, 0.1) is 0 Å². The molecule has 3 rings (SSSR count). The Morgan fingerprint density at radius 2 is 1.91 bits per heavy atom. The molecule has 1 amide bonds. The van der Waals surface area contributed by atoms with E-state index in [0.717, 1.165) is 22.7 Å². The van der Waals surface area contributed by atoms with Crippen LogP contribution < -0.4 is 9.64 Å². The lowest BCUT2D eigenvalue weighted by atomic mass is 10.0. The third-order valence-corrected chi connectivity index (χ3v) is 4.26. The summed E-state index contributed by atoms with van der Waals surface area (Å²) in [5.41, 5.74) is 2.78. The number of anilines is 1. The van der Waals surface area contributed by atoms with Gasteiger partial charge in [-0.05, 0) is 50.3 Å². The van der Waals surface area contributed by atoms with Crippen molar-refractivity contribution in [3.05, 3.63) is 41.3 Å². The van der Waals surface area contributed by atoms with Gasteiger partial charge in [0.2, 0.25) is 5.76 Å². The average Bonchev–Trinajstić information content (AvgIpc) is 2.86. The number of fused-ring (bicyclic) bond motifs is 1. The van der Waals surface area contributed by atoms with Gasteiger partial charge >= 0.3 is 0 Å². The molecule has 0 radical (unpaired) electrons. The largest absolute Gasteiger partial charge is 0.497 e. The number of amides is 1. The van der Waals surface area contributed by atoms with Gasteiger partial charge in [0.1, 0.15) is 5.75 Å². The summed E-state index contributed by atoms with van der Waals surface area (Å²) in [5, 5.41) is 0.213. The fraction of sp³-hybridized carbons (Fsp3) is 0.294. The molecule has 0 unspecified atom stereocenters. The fourth-order valence-electron chi connectivity index (χ4n) is 2.79. The Morgan fingerprint density at radius 3 is 2.52 bits per heavy atom. The molecule has 1 saturated heterocycles. The van der Waals surface area contributed by atoms with Crippen LogP contribution in [0.2, 0.25) is 0 Å². The molecular weight excluding hydrogens is 312 g/mol. The highest BCUT2D eigenvalue weighted by atomic mass is 32.1. The van der Waals surface area contributed by atoms with E-state index in [-0.39, 0.29) is 16.8 Å². The minimum Gasteiger partial charge on any atom is -0.497 e. The highest BCUT2D eigenvalue weighted by Gasteiger charge is 2.36. The number of methoxy groups -OCH3 is 1. The van der Waals surface area contributed by atoms with Crippen LogP contribution in [0.15, 0.2) is 35.7 Å². The van der Waals surface area contributed by atoms with E-state index in [4.69, 9.17) is 21.7 Å². The normalized spacial score (nSPS) is 20.0. The van der Waals surface area contributed by atoms with Gasteiger partial charge in [0.25, 0.3) is 11.1 Å². The summed E-state index contributed by atoms with van der Waals surface area (Å²) in [6, 6.07) is 5.86. The summed E-state index contributed by atoms with van der Waals surface area (Å²) in [6.07, 6.45) is 3.85. The summed E-state index contributed by atoms with van der Waals surface area (Å²) in [7, 11) is 1.64. The Balaban J connectivity index is 2.08. The molecule has 1 aromatic rings. The molecule has 6 heteroatoms. The van der Waals surface area contributed by atoms with E-state index in [1.807, 2.05) is 49.1 Å². The van der Waals surface area contributed by atoms with Crippen LogP contribution in [-0.2, 0) is 9.53 Å². The van der Waals surface area contributed by atoms with Crippen molar-refractivity contribution in [1.29, 1.82) is 0 Å². The molecule has 23 heavy (non-hydrogen) atoms. The van der Waals surface area contributed by atoms with Gasteiger partial charge in [0, 0.05) is 24.3 Å². The Kier molecular flexibility index (Phi) is 4.09. The number of rotatable bonds is 3. The summed E-state index contributed by atoms with van der Waals surface area (Å²) in [4.78, 5) is 16.0. The first kappa shape index (κ1) is 15.6. The first-order valence-corrected chi connectivity index (χ1v) is 7.93. The molecule has 0 aliphatic carbocycles. The summed E-state index contributed by atoms with van der Waals surface area (Å²) in [5.74, 6) is 0.899. The maximum atomic E-state index is 12.5. The van der Waals surface area contributed by atoms with Gasteiger partial charge in [0.05, 0.1) is 12.8 Å². The van der Waals surface area contributed by atoms with Gasteiger partial charge in [0.15, 0.2) is 0 Å². The van der Waals surface area contributed by atoms with Crippen molar-refractivity contribution in [3.8, 4) is 5.75 Å². The molecule has 2 aliphatic heterocycles. The van der Waals surface area contributed by atoms with Crippen LogP contribution in [-0.4, -0.2) is 36.2 Å². The lowest BCUT2D eigenvalue weighted by molar-refractivity contribution is -0.122. The number of hydrogen-bond donors (Lipinski definition) is 0. The van der Waals surface area contributed by atoms with Crippen LogP contribution >= 0.6 is 12.2 Å². The monoisotopic (exact) mass is 330 g/mol. The van der Waals surface area contributed by atoms with E-state index in [9.17, 15) is 4.79 Å². The molecule has 0 spiro atoms. The first-order chi connectivity index (χ1) is 11.1. The molecule has 2 heterocycles. The number of allylic oxidation sites excluding steroid dienone is 1.